The van der Waals surface area contributed by atoms with Crippen LogP contribution in [0, 0.1) is 0 Å². The van der Waals surface area contributed by atoms with E-state index in [0.717, 1.165) is 6.20 Å². The molecule has 0 fully saturated rings. The molecule has 1 unspecified atom stereocenters. The number of nitrogens with two attached hydrogens (primary N) is 1. The number of hydrogen-bond acceptors (Lipinski definition) is 8. The van der Waals surface area contributed by atoms with Crippen molar-refractivity contribution in [2.75, 3.05) is 25.2 Å². The standard InChI is InChI=1S/C21H23F2N7O3S2/c1-25-30(20(22)23)11-16(24)13-4-3-5-14(8-13)17-12-34-21(27-17)28-18(31)9-26-19(32)15-6-7-29(10-15)35(2)33/h3-8,10-12,20,25H,9,24H2,1-2H3,(H,26,32)(H,27,28,31)/b16-11-. The van der Waals surface area contributed by atoms with E-state index in [1.165, 1.54) is 47.1 Å². The summed E-state index contributed by atoms with van der Waals surface area (Å²) in [7, 11) is 1.36. The third-order valence-electron chi connectivity index (χ3n) is 4.62. The predicted octanol–water partition coefficient (Wildman–Crippen LogP) is 2.04. The van der Waals surface area contributed by atoms with Crippen LogP contribution in [-0.4, -0.2) is 56.7 Å². The number of amides is 2. The number of anilines is 1. The Labute approximate surface area is 207 Å². The molecule has 2 aromatic heterocycles. The lowest BCUT2D eigenvalue weighted by atomic mass is 10.1. The quantitative estimate of drug-likeness (QED) is 0.181. The van der Waals surface area contributed by atoms with E-state index in [2.05, 4.69) is 21.0 Å². The fraction of sp³-hybridized carbons (Fsp3) is 0.190. The predicted molar refractivity (Wildman–Crippen MR) is 131 cm³/mol. The van der Waals surface area contributed by atoms with Crippen molar-refractivity contribution < 1.29 is 22.9 Å². The van der Waals surface area contributed by atoms with E-state index in [0.29, 0.717) is 27.0 Å². The largest absolute Gasteiger partial charge is 0.593 e. The zero-order valence-electron chi connectivity index (χ0n) is 18.7. The van der Waals surface area contributed by atoms with Gasteiger partial charge in [0.2, 0.25) is 5.91 Å². The molecule has 1 aromatic carbocycles. The number of nitrogens with zero attached hydrogens (tertiary/aromatic N) is 3. The minimum Gasteiger partial charge on any atom is -0.593 e. The van der Waals surface area contributed by atoms with Crippen molar-refractivity contribution >= 4 is 45.3 Å². The normalized spacial score (nSPS) is 12.5. The van der Waals surface area contributed by atoms with Crippen LogP contribution in [0.15, 0.2) is 54.3 Å². The van der Waals surface area contributed by atoms with Gasteiger partial charge in [-0.05, 0) is 17.7 Å². The molecule has 0 aliphatic rings. The maximum atomic E-state index is 12.9. The summed E-state index contributed by atoms with van der Waals surface area (Å²) in [6.07, 6.45) is 5.51. The number of benzene rings is 1. The van der Waals surface area contributed by atoms with Crippen LogP contribution in [0.5, 0.6) is 0 Å². The molecule has 5 N–H and O–H groups in total. The first-order chi connectivity index (χ1) is 16.7. The summed E-state index contributed by atoms with van der Waals surface area (Å²) in [4.78, 5) is 28.8. The van der Waals surface area contributed by atoms with Crippen molar-refractivity contribution in [3.05, 3.63) is 65.4 Å². The fourth-order valence-corrected chi connectivity index (χ4v) is 4.09. The average molecular weight is 524 g/mol. The number of hydrazine groups is 1. The van der Waals surface area contributed by atoms with E-state index < -0.39 is 29.7 Å². The zero-order valence-corrected chi connectivity index (χ0v) is 20.3. The van der Waals surface area contributed by atoms with Gasteiger partial charge >= 0.3 is 6.55 Å². The molecule has 2 heterocycles. The van der Waals surface area contributed by atoms with Gasteiger partial charge in [0.05, 0.1) is 47.3 Å². The summed E-state index contributed by atoms with van der Waals surface area (Å²) >= 11 is -0.0955. The maximum absolute atomic E-state index is 12.9. The van der Waals surface area contributed by atoms with Crippen molar-refractivity contribution in [2.45, 2.75) is 6.55 Å². The van der Waals surface area contributed by atoms with Crippen molar-refractivity contribution in [1.82, 2.24) is 24.7 Å². The Balaban J connectivity index is 1.61. The molecule has 3 rings (SSSR count). The molecule has 10 nitrogen and oxygen atoms in total. The molecule has 0 spiro atoms. The molecule has 0 aliphatic carbocycles. The first-order valence-electron chi connectivity index (χ1n) is 10.1. The Bertz CT molecular complexity index is 1210. The molecule has 1 atom stereocenters. The highest BCUT2D eigenvalue weighted by molar-refractivity contribution is 7.89. The Kier molecular flexibility index (Phi) is 8.81. The molecule has 3 aromatic rings. The van der Waals surface area contributed by atoms with Crippen LogP contribution in [0.25, 0.3) is 17.0 Å². The van der Waals surface area contributed by atoms with Gasteiger partial charge in [0.1, 0.15) is 6.26 Å². The fourth-order valence-electron chi connectivity index (χ4n) is 2.86. The molecule has 2 amide bonds. The number of rotatable bonds is 10. The third kappa shape index (κ3) is 7.02. The van der Waals surface area contributed by atoms with Crippen LogP contribution in [0.2, 0.25) is 0 Å². The molecule has 186 valence electrons. The Hall–Kier alpha value is -3.46. The highest BCUT2D eigenvalue weighted by Gasteiger charge is 2.14. The zero-order chi connectivity index (χ0) is 25.5. The Morgan fingerprint density at radius 3 is 2.77 bits per heavy atom. The molecule has 14 heteroatoms. The van der Waals surface area contributed by atoms with E-state index in [-0.39, 0.29) is 17.8 Å². The van der Waals surface area contributed by atoms with Gasteiger partial charge in [-0.1, -0.05) is 18.2 Å². The Morgan fingerprint density at radius 1 is 1.34 bits per heavy atom. The SMILES string of the molecule is CNN(/C=C(\N)c1cccc(-c2csc(NC(=O)CNC(=O)c3ccn([S+](C)[O-])c3)n2)c1)C(F)F. The summed E-state index contributed by atoms with van der Waals surface area (Å²) in [6, 6.07) is 8.36. The van der Waals surface area contributed by atoms with Gasteiger partial charge in [0.15, 0.2) is 5.13 Å². The van der Waals surface area contributed by atoms with Gasteiger partial charge in [-0.3, -0.25) is 14.6 Å². The second-order valence-electron chi connectivity index (χ2n) is 7.03. The molecule has 0 saturated carbocycles. The van der Waals surface area contributed by atoms with E-state index in [1.807, 2.05) is 0 Å². The van der Waals surface area contributed by atoms with Crippen LogP contribution < -0.4 is 21.8 Å². The number of carbonyl (C=O) groups is 2. The lowest BCUT2D eigenvalue weighted by molar-refractivity contribution is -0.115. The van der Waals surface area contributed by atoms with Gasteiger partial charge in [0, 0.05) is 24.2 Å². The van der Waals surface area contributed by atoms with E-state index in [4.69, 9.17) is 5.73 Å². The highest BCUT2D eigenvalue weighted by Crippen LogP contribution is 2.26. The van der Waals surface area contributed by atoms with Crippen LogP contribution in [-0.2, 0) is 16.2 Å². The van der Waals surface area contributed by atoms with Gasteiger partial charge in [-0.25, -0.2) is 10.4 Å². The number of hydrogen-bond donors (Lipinski definition) is 4. The first-order valence-corrected chi connectivity index (χ1v) is 12.4. The van der Waals surface area contributed by atoms with Crippen LogP contribution in [0.1, 0.15) is 15.9 Å². The van der Waals surface area contributed by atoms with Crippen molar-refractivity contribution in [3.63, 3.8) is 0 Å². The van der Waals surface area contributed by atoms with E-state index >= 15 is 0 Å². The van der Waals surface area contributed by atoms with Crippen LogP contribution in [0.3, 0.4) is 0 Å². The van der Waals surface area contributed by atoms with Crippen LogP contribution >= 0.6 is 11.3 Å². The molecule has 35 heavy (non-hydrogen) atoms. The third-order valence-corrected chi connectivity index (χ3v) is 6.20. The second-order valence-corrected chi connectivity index (χ2v) is 9.15. The van der Waals surface area contributed by atoms with Gasteiger partial charge < -0.3 is 20.9 Å². The average Bonchev–Trinajstić information content (AvgIpc) is 3.51. The van der Waals surface area contributed by atoms with E-state index in [9.17, 15) is 22.9 Å². The summed E-state index contributed by atoms with van der Waals surface area (Å²) < 4.78 is 38.6. The van der Waals surface area contributed by atoms with Crippen molar-refractivity contribution in [1.29, 1.82) is 0 Å². The molecule has 0 radical (unpaired) electrons. The number of carbonyl (C=O) groups excluding carboxylic acids is 2. The minimum atomic E-state index is -2.76. The summed E-state index contributed by atoms with van der Waals surface area (Å²) in [5, 5.41) is 7.72. The number of nitrogens with one attached hydrogen (secondary N) is 3. The molecule has 0 bridgehead atoms. The molecule has 0 aliphatic heterocycles. The summed E-state index contributed by atoms with van der Waals surface area (Å²) in [5.41, 5.74) is 10.5. The number of aromatic nitrogens is 2. The minimum absolute atomic E-state index is 0.126. The van der Waals surface area contributed by atoms with E-state index in [1.54, 1.807) is 29.6 Å². The molecular formula is C21H23F2N7O3S2. The summed E-state index contributed by atoms with van der Waals surface area (Å²) in [5.74, 6) is -0.951. The molecular weight excluding hydrogens is 500 g/mol. The Morgan fingerprint density at radius 2 is 2.11 bits per heavy atom. The monoisotopic (exact) mass is 523 g/mol. The van der Waals surface area contributed by atoms with Gasteiger partial charge in [-0.2, -0.15) is 12.8 Å². The summed E-state index contributed by atoms with van der Waals surface area (Å²) in [6.45, 7) is -3.05. The number of alkyl halides is 2. The number of halogens is 2. The topological polar surface area (TPSA) is 140 Å². The van der Waals surface area contributed by atoms with Gasteiger partial charge in [-0.15, -0.1) is 11.3 Å². The molecule has 0 saturated heterocycles. The lowest BCUT2D eigenvalue weighted by Gasteiger charge is -2.18. The maximum Gasteiger partial charge on any atom is 0.327 e. The first kappa shape index (κ1) is 26.2. The van der Waals surface area contributed by atoms with Gasteiger partial charge in [0.25, 0.3) is 5.91 Å². The van der Waals surface area contributed by atoms with Crippen molar-refractivity contribution in [3.8, 4) is 11.3 Å². The lowest BCUT2D eigenvalue weighted by Crippen LogP contribution is -2.35. The second kappa shape index (κ2) is 11.8. The smallest absolute Gasteiger partial charge is 0.327 e. The highest BCUT2D eigenvalue weighted by atomic mass is 32.2. The number of thiazole rings is 1. The van der Waals surface area contributed by atoms with Crippen molar-refractivity contribution in [2.24, 2.45) is 5.73 Å². The van der Waals surface area contributed by atoms with Crippen LogP contribution in [0.4, 0.5) is 13.9 Å².